The van der Waals surface area contributed by atoms with Crippen molar-refractivity contribution in [1.82, 2.24) is 0 Å². The lowest BCUT2D eigenvalue weighted by Crippen LogP contribution is -2.07. The Morgan fingerprint density at radius 1 is 0.571 bits per heavy atom. The Morgan fingerprint density at radius 2 is 1.07 bits per heavy atom. The Morgan fingerprint density at radius 3 is 1.69 bits per heavy atom. The van der Waals surface area contributed by atoms with Crippen LogP contribution in [0, 0.1) is 6.92 Å². The van der Waals surface area contributed by atoms with E-state index >= 15 is 0 Å². The summed E-state index contributed by atoms with van der Waals surface area (Å²) in [7, 11) is 0. The van der Waals surface area contributed by atoms with E-state index < -0.39 is 0 Å². The summed E-state index contributed by atoms with van der Waals surface area (Å²) < 4.78 is 14.3. The molecule has 0 bridgehead atoms. The van der Waals surface area contributed by atoms with Gasteiger partial charge in [0.2, 0.25) is 5.43 Å². The minimum Gasteiger partial charge on any atom is -0.460 e. The molecule has 42 heavy (non-hydrogen) atoms. The van der Waals surface area contributed by atoms with Crippen LogP contribution in [0.3, 0.4) is 0 Å². The standard InChI is InChI=1S/C37H22O4S/c1-3-25-20(2)40-32-12-8-21(18-29(32)36(25)38)23-10-14-34-27(16-23)28-17-24(11-15-35(28)42-34)22-9-13-33-30(19-22)37(39)26-6-4-5-7-31(26)41-33/h3-19H,1H2,2H3. The van der Waals surface area contributed by atoms with E-state index in [0.717, 1.165) is 33.0 Å². The highest BCUT2D eigenvalue weighted by Crippen LogP contribution is 2.39. The van der Waals surface area contributed by atoms with Crippen LogP contribution in [0.5, 0.6) is 0 Å². The minimum absolute atomic E-state index is 0.0276. The number of thiophene rings is 1. The molecule has 3 aromatic heterocycles. The number of hydrogen-bond donors (Lipinski definition) is 0. The second-order valence-electron chi connectivity index (χ2n) is 10.5. The quantitative estimate of drug-likeness (QED) is 0.201. The Balaban J connectivity index is 1.27. The highest BCUT2D eigenvalue weighted by molar-refractivity contribution is 7.25. The molecule has 0 saturated carbocycles. The highest BCUT2D eigenvalue weighted by Gasteiger charge is 2.14. The van der Waals surface area contributed by atoms with Gasteiger partial charge >= 0.3 is 0 Å². The molecule has 5 aromatic carbocycles. The smallest absolute Gasteiger partial charge is 0.200 e. The molecule has 3 heterocycles. The van der Waals surface area contributed by atoms with E-state index in [9.17, 15) is 9.59 Å². The molecule has 4 nitrogen and oxygen atoms in total. The first-order valence-electron chi connectivity index (χ1n) is 13.6. The summed E-state index contributed by atoms with van der Waals surface area (Å²) in [5, 5.41) is 3.98. The molecule has 0 spiro atoms. The fourth-order valence-electron chi connectivity index (χ4n) is 5.86. The maximum absolute atomic E-state index is 13.3. The average molecular weight is 563 g/mol. The monoisotopic (exact) mass is 562 g/mol. The van der Waals surface area contributed by atoms with Gasteiger partial charge < -0.3 is 8.83 Å². The number of para-hydroxylation sites is 1. The molecular formula is C37H22O4S. The molecule has 0 saturated heterocycles. The van der Waals surface area contributed by atoms with E-state index in [-0.39, 0.29) is 10.9 Å². The lowest BCUT2D eigenvalue weighted by Gasteiger charge is -2.07. The fraction of sp³-hybridized carbons (Fsp3) is 0.0270. The number of fused-ring (bicyclic) bond motifs is 6. The van der Waals surface area contributed by atoms with Crippen molar-refractivity contribution in [2.75, 3.05) is 0 Å². The van der Waals surface area contributed by atoms with Gasteiger partial charge in [0.25, 0.3) is 0 Å². The van der Waals surface area contributed by atoms with Crippen LogP contribution in [-0.4, -0.2) is 0 Å². The van der Waals surface area contributed by atoms with Crippen LogP contribution in [0.4, 0.5) is 0 Å². The lowest BCUT2D eigenvalue weighted by atomic mass is 9.98. The third-order valence-corrected chi connectivity index (χ3v) is 9.18. The maximum Gasteiger partial charge on any atom is 0.200 e. The van der Waals surface area contributed by atoms with E-state index in [1.807, 2.05) is 54.6 Å². The molecule has 0 fully saturated rings. The van der Waals surface area contributed by atoms with Crippen LogP contribution in [-0.2, 0) is 0 Å². The van der Waals surface area contributed by atoms with Crippen LogP contribution < -0.4 is 10.9 Å². The summed E-state index contributed by atoms with van der Waals surface area (Å²) in [6, 6.07) is 31.7. The number of aryl methyl sites for hydroxylation is 1. The Bertz CT molecular complexity index is 2550. The Hall–Kier alpha value is -5.26. The van der Waals surface area contributed by atoms with Crippen molar-refractivity contribution in [3.05, 3.63) is 135 Å². The third-order valence-electron chi connectivity index (χ3n) is 8.03. The largest absolute Gasteiger partial charge is 0.460 e. The van der Waals surface area contributed by atoms with Gasteiger partial charge in [-0.05, 0) is 89.8 Å². The lowest BCUT2D eigenvalue weighted by molar-refractivity contribution is 0.563. The molecule has 0 amide bonds. The van der Waals surface area contributed by atoms with E-state index in [2.05, 4.69) is 43.0 Å². The van der Waals surface area contributed by atoms with Crippen LogP contribution >= 0.6 is 11.3 Å². The van der Waals surface area contributed by atoms with Crippen LogP contribution in [0.15, 0.2) is 122 Å². The molecular weight excluding hydrogens is 540 g/mol. The van der Waals surface area contributed by atoms with Crippen molar-refractivity contribution in [3.8, 4) is 22.3 Å². The van der Waals surface area contributed by atoms with Gasteiger partial charge in [-0.3, -0.25) is 9.59 Å². The molecule has 8 rings (SSSR count). The second-order valence-corrected chi connectivity index (χ2v) is 11.6. The van der Waals surface area contributed by atoms with Gasteiger partial charge in [0.05, 0.1) is 21.7 Å². The van der Waals surface area contributed by atoms with Crippen molar-refractivity contribution in [1.29, 1.82) is 0 Å². The van der Waals surface area contributed by atoms with Crippen LogP contribution in [0.25, 0.3) is 81.4 Å². The predicted octanol–water partition coefficient (Wildman–Crippen LogP) is 9.71. The topological polar surface area (TPSA) is 60.4 Å². The molecule has 0 aliphatic heterocycles. The molecule has 0 unspecified atom stereocenters. The minimum atomic E-state index is -0.0743. The zero-order chi connectivity index (χ0) is 28.5. The van der Waals surface area contributed by atoms with Crippen molar-refractivity contribution < 1.29 is 8.83 Å². The van der Waals surface area contributed by atoms with E-state index in [1.165, 1.54) is 9.40 Å². The van der Waals surface area contributed by atoms with Gasteiger partial charge in [-0.2, -0.15) is 0 Å². The van der Waals surface area contributed by atoms with Gasteiger partial charge in [-0.1, -0.05) is 49.1 Å². The molecule has 200 valence electrons. The fourth-order valence-corrected chi connectivity index (χ4v) is 6.92. The summed E-state index contributed by atoms with van der Waals surface area (Å²) in [5.41, 5.74) is 6.07. The van der Waals surface area contributed by atoms with Gasteiger partial charge in [0.15, 0.2) is 5.43 Å². The van der Waals surface area contributed by atoms with Crippen LogP contribution in [0.2, 0.25) is 0 Å². The summed E-state index contributed by atoms with van der Waals surface area (Å²) >= 11 is 1.75. The van der Waals surface area contributed by atoms with Gasteiger partial charge in [-0.15, -0.1) is 11.3 Å². The second kappa shape index (κ2) is 9.13. The zero-order valence-corrected chi connectivity index (χ0v) is 23.4. The Kier molecular flexibility index (Phi) is 5.33. The van der Waals surface area contributed by atoms with Crippen molar-refractivity contribution in [2.24, 2.45) is 0 Å². The van der Waals surface area contributed by atoms with E-state index in [4.69, 9.17) is 8.83 Å². The number of benzene rings is 5. The summed E-state index contributed by atoms with van der Waals surface area (Å²) in [5.74, 6) is 0.567. The molecule has 0 N–H and O–H groups in total. The normalized spacial score (nSPS) is 11.7. The average Bonchev–Trinajstić information content (AvgIpc) is 3.38. The maximum atomic E-state index is 13.3. The summed E-state index contributed by atoms with van der Waals surface area (Å²) in [6.07, 6.45) is 1.55. The summed E-state index contributed by atoms with van der Waals surface area (Å²) in [6.45, 7) is 5.56. The molecule has 0 atom stereocenters. The van der Waals surface area contributed by atoms with Crippen LogP contribution in [0.1, 0.15) is 11.3 Å². The van der Waals surface area contributed by atoms with E-state index in [0.29, 0.717) is 44.2 Å². The first-order valence-corrected chi connectivity index (χ1v) is 14.4. The van der Waals surface area contributed by atoms with Gasteiger partial charge in [0.1, 0.15) is 22.5 Å². The van der Waals surface area contributed by atoms with Gasteiger partial charge in [0, 0.05) is 20.2 Å². The van der Waals surface area contributed by atoms with Crippen molar-refractivity contribution in [3.63, 3.8) is 0 Å². The first-order chi connectivity index (χ1) is 20.5. The Labute approximate surface area is 243 Å². The molecule has 5 heteroatoms. The number of hydrogen-bond acceptors (Lipinski definition) is 5. The van der Waals surface area contributed by atoms with Crippen molar-refractivity contribution in [2.45, 2.75) is 6.92 Å². The third kappa shape index (κ3) is 3.67. The SMILES string of the molecule is C=Cc1c(C)oc2ccc(-c3ccc4sc5ccc(-c6ccc7oc8ccccc8c(=O)c7c6)cc5c4c3)cc2c1=O. The van der Waals surface area contributed by atoms with E-state index in [1.54, 1.807) is 30.4 Å². The summed E-state index contributed by atoms with van der Waals surface area (Å²) in [4.78, 5) is 26.4. The predicted molar refractivity (Wildman–Crippen MR) is 175 cm³/mol. The number of rotatable bonds is 3. The zero-order valence-electron chi connectivity index (χ0n) is 22.6. The molecule has 0 radical (unpaired) electrons. The molecule has 0 aliphatic rings. The molecule has 8 aromatic rings. The van der Waals surface area contributed by atoms with Gasteiger partial charge in [-0.25, -0.2) is 0 Å². The first kappa shape index (κ1) is 24.5. The van der Waals surface area contributed by atoms with Crippen molar-refractivity contribution >= 4 is 70.5 Å². The highest BCUT2D eigenvalue weighted by atomic mass is 32.1. The molecule has 0 aliphatic carbocycles.